The minimum absolute atomic E-state index is 0.0192. The molecule has 0 bridgehead atoms. The number of carbonyl (C=O) groups excluding carboxylic acids is 1. The summed E-state index contributed by atoms with van der Waals surface area (Å²) >= 11 is 0. The quantitative estimate of drug-likeness (QED) is 0.501. The van der Waals surface area contributed by atoms with Crippen molar-refractivity contribution in [1.29, 1.82) is 0 Å². The fraction of sp³-hybridized carbons (Fsp3) is 0.174. The van der Waals surface area contributed by atoms with Gasteiger partial charge in [-0.25, -0.2) is 9.48 Å². The van der Waals surface area contributed by atoms with Crippen LogP contribution in [0.3, 0.4) is 0 Å². The predicted octanol–water partition coefficient (Wildman–Crippen LogP) is 4.33. The number of aromatic nitrogens is 2. The first-order valence-electron chi connectivity index (χ1n) is 9.58. The van der Waals surface area contributed by atoms with Crippen molar-refractivity contribution in [2.24, 2.45) is 0 Å². The van der Waals surface area contributed by atoms with Crippen LogP contribution in [-0.2, 0) is 0 Å². The van der Waals surface area contributed by atoms with Gasteiger partial charge in [0, 0.05) is 29.4 Å². The zero-order chi connectivity index (χ0) is 21.3. The first-order chi connectivity index (χ1) is 14.4. The number of amides is 1. The number of ether oxygens (including phenoxy) is 1. The van der Waals surface area contributed by atoms with Crippen LogP contribution in [0.15, 0.2) is 70.0 Å². The van der Waals surface area contributed by atoms with E-state index in [0.29, 0.717) is 22.4 Å². The van der Waals surface area contributed by atoms with Crippen LogP contribution < -0.4 is 15.7 Å². The molecule has 30 heavy (non-hydrogen) atoms. The fourth-order valence-electron chi connectivity index (χ4n) is 3.13. The molecule has 0 saturated carbocycles. The van der Waals surface area contributed by atoms with Crippen LogP contribution in [0.1, 0.15) is 29.9 Å². The Labute approximate surface area is 172 Å². The molecule has 0 unspecified atom stereocenters. The zero-order valence-corrected chi connectivity index (χ0v) is 16.9. The minimum atomic E-state index is -0.598. The van der Waals surface area contributed by atoms with Crippen molar-refractivity contribution >= 4 is 22.6 Å². The first kappa shape index (κ1) is 19.4. The number of fused-ring (bicyclic) bond motifs is 1. The number of anilines is 1. The molecule has 0 saturated heterocycles. The SMILES string of the molecule is Cc1ccn(-c2ccc(NC(=O)c3cc(=O)oc4cc(OC(C)C)ccc34)cc2)n1. The van der Waals surface area contributed by atoms with Crippen LogP contribution in [-0.4, -0.2) is 21.8 Å². The Bertz CT molecular complexity index is 1270. The third-order valence-electron chi connectivity index (χ3n) is 4.44. The van der Waals surface area contributed by atoms with Crippen LogP contribution >= 0.6 is 0 Å². The molecule has 2 heterocycles. The van der Waals surface area contributed by atoms with E-state index in [1.807, 2.05) is 45.2 Å². The lowest BCUT2D eigenvalue weighted by Gasteiger charge is -2.11. The van der Waals surface area contributed by atoms with E-state index >= 15 is 0 Å². The van der Waals surface area contributed by atoms with Crippen molar-refractivity contribution in [1.82, 2.24) is 9.78 Å². The van der Waals surface area contributed by atoms with E-state index in [4.69, 9.17) is 9.15 Å². The monoisotopic (exact) mass is 403 g/mol. The van der Waals surface area contributed by atoms with Gasteiger partial charge >= 0.3 is 5.63 Å². The first-order valence-corrected chi connectivity index (χ1v) is 9.58. The Morgan fingerprint density at radius 2 is 1.87 bits per heavy atom. The van der Waals surface area contributed by atoms with Crippen molar-refractivity contribution < 1.29 is 13.9 Å². The third kappa shape index (κ3) is 4.10. The summed E-state index contributed by atoms with van der Waals surface area (Å²) < 4.78 is 12.7. The molecule has 4 rings (SSSR count). The summed E-state index contributed by atoms with van der Waals surface area (Å²) in [5.41, 5.74) is 2.35. The van der Waals surface area contributed by atoms with Gasteiger partial charge in [-0.1, -0.05) is 0 Å². The number of benzene rings is 2. The van der Waals surface area contributed by atoms with Crippen LogP contribution in [0.5, 0.6) is 5.75 Å². The molecule has 2 aromatic carbocycles. The van der Waals surface area contributed by atoms with E-state index in [0.717, 1.165) is 11.4 Å². The summed E-state index contributed by atoms with van der Waals surface area (Å²) in [5, 5.41) is 7.72. The number of nitrogens with one attached hydrogen (secondary N) is 1. The van der Waals surface area contributed by atoms with Gasteiger partial charge in [-0.3, -0.25) is 4.79 Å². The second-order valence-electron chi connectivity index (χ2n) is 7.21. The summed E-state index contributed by atoms with van der Waals surface area (Å²) in [6, 6.07) is 15.5. The van der Waals surface area contributed by atoms with Gasteiger partial charge in [0.15, 0.2) is 0 Å². The van der Waals surface area contributed by atoms with Gasteiger partial charge in [-0.05, 0) is 63.2 Å². The number of hydrogen-bond donors (Lipinski definition) is 1. The fourth-order valence-corrected chi connectivity index (χ4v) is 3.13. The summed E-state index contributed by atoms with van der Waals surface area (Å²) in [6.07, 6.45) is 1.85. The van der Waals surface area contributed by atoms with Crippen molar-refractivity contribution in [3.8, 4) is 11.4 Å². The van der Waals surface area contributed by atoms with Crippen LogP contribution in [0.25, 0.3) is 16.7 Å². The van der Waals surface area contributed by atoms with Gasteiger partial charge in [0.05, 0.1) is 23.0 Å². The smallest absolute Gasteiger partial charge is 0.337 e. The number of hydrogen-bond acceptors (Lipinski definition) is 5. The largest absolute Gasteiger partial charge is 0.491 e. The van der Waals surface area contributed by atoms with Crippen molar-refractivity contribution in [3.63, 3.8) is 0 Å². The highest BCUT2D eigenvalue weighted by Crippen LogP contribution is 2.24. The summed E-state index contributed by atoms with van der Waals surface area (Å²) in [6.45, 7) is 5.73. The maximum absolute atomic E-state index is 12.9. The molecule has 0 atom stereocenters. The highest BCUT2D eigenvalue weighted by Gasteiger charge is 2.15. The molecule has 0 fully saturated rings. The summed E-state index contributed by atoms with van der Waals surface area (Å²) in [7, 11) is 0. The topological polar surface area (TPSA) is 86.4 Å². The van der Waals surface area contributed by atoms with Crippen molar-refractivity contribution in [2.75, 3.05) is 5.32 Å². The Balaban J connectivity index is 1.60. The Hall–Kier alpha value is -3.87. The Kier molecular flexibility index (Phi) is 5.10. The van der Waals surface area contributed by atoms with Crippen LogP contribution in [0.4, 0.5) is 5.69 Å². The maximum Gasteiger partial charge on any atom is 0.337 e. The van der Waals surface area contributed by atoms with Gasteiger partial charge in [-0.15, -0.1) is 0 Å². The van der Waals surface area contributed by atoms with Crippen LogP contribution in [0.2, 0.25) is 0 Å². The molecular weight excluding hydrogens is 382 g/mol. The van der Waals surface area contributed by atoms with Crippen molar-refractivity contribution in [3.05, 3.63) is 82.5 Å². The van der Waals surface area contributed by atoms with E-state index in [9.17, 15) is 9.59 Å². The Morgan fingerprint density at radius 1 is 1.10 bits per heavy atom. The zero-order valence-electron chi connectivity index (χ0n) is 16.9. The molecule has 1 amide bonds. The molecule has 7 nitrogen and oxygen atoms in total. The highest BCUT2D eigenvalue weighted by molar-refractivity contribution is 6.12. The van der Waals surface area contributed by atoms with Crippen LogP contribution in [0, 0.1) is 6.92 Å². The number of nitrogens with zero attached hydrogens (tertiary/aromatic N) is 2. The van der Waals surface area contributed by atoms with E-state index in [2.05, 4.69) is 10.4 Å². The number of rotatable bonds is 5. The highest BCUT2D eigenvalue weighted by atomic mass is 16.5. The molecule has 152 valence electrons. The van der Waals surface area contributed by atoms with Gasteiger partial charge in [0.25, 0.3) is 5.91 Å². The van der Waals surface area contributed by atoms with Gasteiger partial charge in [0.1, 0.15) is 11.3 Å². The summed E-state index contributed by atoms with van der Waals surface area (Å²) in [4.78, 5) is 24.9. The average molecular weight is 403 g/mol. The average Bonchev–Trinajstić information content (AvgIpc) is 3.13. The molecule has 1 N–H and O–H groups in total. The second-order valence-corrected chi connectivity index (χ2v) is 7.21. The molecule has 2 aromatic heterocycles. The summed E-state index contributed by atoms with van der Waals surface area (Å²) in [5.74, 6) is 0.177. The lowest BCUT2D eigenvalue weighted by atomic mass is 10.1. The molecule has 0 aliphatic rings. The van der Waals surface area contributed by atoms with E-state index in [1.165, 1.54) is 6.07 Å². The number of carbonyl (C=O) groups is 1. The van der Waals surface area contributed by atoms with E-state index in [1.54, 1.807) is 35.0 Å². The van der Waals surface area contributed by atoms with Gasteiger partial charge in [-0.2, -0.15) is 5.10 Å². The molecular formula is C23H21N3O4. The second kappa shape index (κ2) is 7.87. The maximum atomic E-state index is 12.9. The molecule has 0 aliphatic heterocycles. The molecule has 0 spiro atoms. The van der Waals surface area contributed by atoms with E-state index in [-0.39, 0.29) is 11.7 Å². The lowest BCUT2D eigenvalue weighted by molar-refractivity contribution is 0.102. The Morgan fingerprint density at radius 3 is 2.53 bits per heavy atom. The minimum Gasteiger partial charge on any atom is -0.491 e. The molecule has 0 radical (unpaired) electrons. The standard InChI is InChI=1S/C23H21N3O4/c1-14(2)29-18-8-9-19-20(13-22(27)30-21(19)12-18)23(28)24-16-4-6-17(7-5-16)26-11-10-15(3)25-26/h4-14H,1-3H3,(H,24,28). The van der Waals surface area contributed by atoms with E-state index < -0.39 is 11.5 Å². The normalized spacial score (nSPS) is 11.1. The lowest BCUT2D eigenvalue weighted by Crippen LogP contribution is -2.15. The van der Waals surface area contributed by atoms with Crippen molar-refractivity contribution in [2.45, 2.75) is 26.9 Å². The third-order valence-corrected chi connectivity index (χ3v) is 4.44. The predicted molar refractivity (Wildman–Crippen MR) is 115 cm³/mol. The van der Waals surface area contributed by atoms with Gasteiger partial charge in [0.2, 0.25) is 0 Å². The number of aryl methyl sites for hydroxylation is 1. The molecule has 4 aromatic rings. The molecule has 7 heteroatoms. The molecule has 0 aliphatic carbocycles. The van der Waals surface area contributed by atoms with Gasteiger partial charge < -0.3 is 14.5 Å².